The lowest BCUT2D eigenvalue weighted by Gasteiger charge is -2.40. The fourth-order valence-corrected chi connectivity index (χ4v) is 4.46. The quantitative estimate of drug-likeness (QED) is 0.628. The summed E-state index contributed by atoms with van der Waals surface area (Å²) >= 11 is 0. The van der Waals surface area contributed by atoms with Crippen molar-refractivity contribution < 1.29 is 37.0 Å². The zero-order chi connectivity index (χ0) is 25.9. The summed E-state index contributed by atoms with van der Waals surface area (Å²) in [7, 11) is 0. The van der Waals surface area contributed by atoms with Gasteiger partial charge in [-0.25, -0.2) is 4.79 Å². The summed E-state index contributed by atoms with van der Waals surface area (Å²) in [6.07, 6.45) is -5.66. The van der Waals surface area contributed by atoms with E-state index >= 15 is 0 Å². The van der Waals surface area contributed by atoms with Crippen molar-refractivity contribution in [2.75, 3.05) is 29.9 Å². The van der Waals surface area contributed by atoms with Crippen LogP contribution in [0.15, 0.2) is 48.5 Å². The van der Waals surface area contributed by atoms with E-state index in [2.05, 4.69) is 5.32 Å². The molecule has 1 N–H and O–H groups in total. The Hall–Kier alpha value is -3.60. The number of hydrogen-bond donors (Lipinski definition) is 1. The van der Waals surface area contributed by atoms with Crippen molar-refractivity contribution in [3.05, 3.63) is 59.7 Å². The van der Waals surface area contributed by atoms with Crippen molar-refractivity contribution in [2.45, 2.75) is 44.7 Å². The highest BCUT2D eigenvalue weighted by Gasteiger charge is 2.38. The molecule has 2 aromatic carbocycles. The number of ether oxygens (including phenoxy) is 2. The number of amides is 3. The molecule has 36 heavy (non-hydrogen) atoms. The maximum atomic E-state index is 13.3. The van der Waals surface area contributed by atoms with Crippen LogP contribution < -0.4 is 10.2 Å². The second kappa shape index (κ2) is 10.6. The van der Waals surface area contributed by atoms with Gasteiger partial charge in [-0.3, -0.25) is 14.5 Å². The van der Waals surface area contributed by atoms with E-state index in [1.54, 1.807) is 4.90 Å². The number of benzene rings is 2. The molecule has 11 heteroatoms. The Balaban J connectivity index is 1.47. The monoisotopic (exact) mass is 505 g/mol. The number of para-hydroxylation sites is 1. The van der Waals surface area contributed by atoms with Crippen LogP contribution in [0, 0.1) is 0 Å². The van der Waals surface area contributed by atoms with Gasteiger partial charge >= 0.3 is 12.3 Å². The zero-order valence-electron chi connectivity index (χ0n) is 19.6. The number of carbonyl (C=O) groups excluding carboxylic acids is 3. The van der Waals surface area contributed by atoms with Gasteiger partial charge < -0.3 is 19.7 Å². The summed E-state index contributed by atoms with van der Waals surface area (Å²) in [5.74, 6) is -0.890. The number of anilines is 2. The van der Waals surface area contributed by atoms with Crippen LogP contribution in [0.3, 0.4) is 0 Å². The van der Waals surface area contributed by atoms with Gasteiger partial charge in [0.05, 0.1) is 5.69 Å². The lowest BCUT2D eigenvalue weighted by molar-refractivity contribution is -0.191. The molecule has 0 saturated carbocycles. The lowest BCUT2D eigenvalue weighted by Crippen LogP contribution is -2.51. The van der Waals surface area contributed by atoms with Gasteiger partial charge in [0.15, 0.2) is 6.10 Å². The van der Waals surface area contributed by atoms with E-state index in [0.717, 1.165) is 11.3 Å². The van der Waals surface area contributed by atoms with Crippen LogP contribution >= 0.6 is 0 Å². The Bertz CT molecular complexity index is 1110. The lowest BCUT2D eigenvalue weighted by atomic mass is 9.99. The van der Waals surface area contributed by atoms with Crippen LogP contribution in [-0.4, -0.2) is 54.7 Å². The number of carbonyl (C=O) groups is 3. The number of hydrogen-bond acceptors (Lipinski definition) is 5. The first-order valence-electron chi connectivity index (χ1n) is 11.5. The molecule has 0 aromatic heterocycles. The van der Waals surface area contributed by atoms with E-state index in [9.17, 15) is 27.6 Å². The van der Waals surface area contributed by atoms with Crippen LogP contribution in [0.4, 0.5) is 29.3 Å². The minimum absolute atomic E-state index is 0.196. The maximum absolute atomic E-state index is 13.3. The Morgan fingerprint density at radius 1 is 1.11 bits per heavy atom. The van der Waals surface area contributed by atoms with E-state index in [1.807, 2.05) is 24.3 Å². The Morgan fingerprint density at radius 2 is 1.78 bits per heavy atom. The summed E-state index contributed by atoms with van der Waals surface area (Å²) < 4.78 is 49.1. The molecule has 2 aliphatic heterocycles. The highest BCUT2D eigenvalue weighted by Crippen LogP contribution is 2.33. The number of piperidine rings is 1. The highest BCUT2D eigenvalue weighted by atomic mass is 19.4. The number of nitrogens with zero attached hydrogens (tertiary/aromatic N) is 2. The first-order chi connectivity index (χ1) is 17.1. The SMILES string of the molecule is CC(=O)Nc1ccc(C(OCC(F)(F)F)C(=O)N2CCC(N3C(=O)OCc4ccccc43)CC2)cc1. The molecule has 2 aliphatic rings. The molecule has 0 bridgehead atoms. The van der Waals surface area contributed by atoms with Crippen molar-refractivity contribution >= 4 is 29.3 Å². The van der Waals surface area contributed by atoms with Crippen LogP contribution in [0.2, 0.25) is 0 Å². The largest absolute Gasteiger partial charge is 0.444 e. The normalized spacial score (nSPS) is 17.3. The van der Waals surface area contributed by atoms with Crippen LogP contribution in [0.1, 0.15) is 37.0 Å². The van der Waals surface area contributed by atoms with Gasteiger partial charge in [0.1, 0.15) is 13.2 Å². The number of nitrogens with one attached hydrogen (secondary N) is 1. The van der Waals surface area contributed by atoms with E-state index < -0.39 is 30.9 Å². The summed E-state index contributed by atoms with van der Waals surface area (Å²) in [4.78, 5) is 40.1. The predicted octanol–water partition coefficient (Wildman–Crippen LogP) is 4.41. The Morgan fingerprint density at radius 3 is 2.42 bits per heavy atom. The fourth-order valence-electron chi connectivity index (χ4n) is 4.46. The van der Waals surface area contributed by atoms with Crippen LogP contribution in [-0.2, 0) is 25.7 Å². The summed E-state index contributed by atoms with van der Waals surface area (Å²) in [6.45, 7) is 0.431. The molecular formula is C25H26F3N3O5. The summed E-state index contributed by atoms with van der Waals surface area (Å²) in [5.41, 5.74) is 2.35. The summed E-state index contributed by atoms with van der Waals surface area (Å²) in [5, 5.41) is 2.57. The van der Waals surface area contributed by atoms with E-state index in [1.165, 1.54) is 36.1 Å². The van der Waals surface area contributed by atoms with Crippen molar-refractivity contribution in [3.8, 4) is 0 Å². The fraction of sp³-hybridized carbons (Fsp3) is 0.400. The molecule has 1 unspecified atom stereocenters. The average Bonchev–Trinajstić information content (AvgIpc) is 2.84. The number of halogens is 3. The van der Waals surface area contributed by atoms with E-state index in [4.69, 9.17) is 9.47 Å². The number of rotatable bonds is 6. The number of fused-ring (bicyclic) bond motifs is 1. The first kappa shape index (κ1) is 25.5. The molecule has 2 heterocycles. The van der Waals surface area contributed by atoms with Gasteiger partial charge in [0.2, 0.25) is 5.91 Å². The van der Waals surface area contributed by atoms with Crippen molar-refractivity contribution in [1.29, 1.82) is 0 Å². The highest BCUT2D eigenvalue weighted by molar-refractivity contribution is 5.91. The molecule has 0 spiro atoms. The van der Waals surface area contributed by atoms with Gasteiger partial charge in [-0.1, -0.05) is 30.3 Å². The summed E-state index contributed by atoms with van der Waals surface area (Å²) in [6, 6.07) is 13.1. The third kappa shape index (κ3) is 5.96. The van der Waals surface area contributed by atoms with Crippen molar-refractivity contribution in [1.82, 2.24) is 4.90 Å². The van der Waals surface area contributed by atoms with Gasteiger partial charge in [-0.05, 0) is 36.6 Å². The van der Waals surface area contributed by atoms with E-state index in [0.29, 0.717) is 18.5 Å². The van der Waals surface area contributed by atoms with Gasteiger partial charge in [0, 0.05) is 37.3 Å². The van der Waals surface area contributed by atoms with Gasteiger partial charge in [0.25, 0.3) is 5.91 Å². The second-order valence-corrected chi connectivity index (χ2v) is 8.72. The zero-order valence-corrected chi connectivity index (χ0v) is 19.6. The molecule has 8 nitrogen and oxygen atoms in total. The third-order valence-corrected chi connectivity index (χ3v) is 6.11. The van der Waals surface area contributed by atoms with Gasteiger partial charge in [-0.2, -0.15) is 13.2 Å². The molecule has 0 radical (unpaired) electrons. The molecular weight excluding hydrogens is 479 g/mol. The molecule has 192 valence electrons. The molecule has 3 amide bonds. The number of alkyl halides is 3. The Kier molecular flexibility index (Phi) is 7.48. The number of cyclic esters (lactones) is 1. The molecule has 1 saturated heterocycles. The molecule has 2 aromatic rings. The first-order valence-corrected chi connectivity index (χ1v) is 11.5. The Labute approximate surface area is 205 Å². The topological polar surface area (TPSA) is 88.2 Å². The van der Waals surface area contributed by atoms with Crippen LogP contribution in [0.5, 0.6) is 0 Å². The third-order valence-electron chi connectivity index (χ3n) is 6.11. The average molecular weight is 505 g/mol. The van der Waals surface area contributed by atoms with Crippen molar-refractivity contribution in [2.24, 2.45) is 0 Å². The second-order valence-electron chi connectivity index (χ2n) is 8.72. The minimum Gasteiger partial charge on any atom is -0.444 e. The van der Waals surface area contributed by atoms with Crippen LogP contribution in [0.25, 0.3) is 0 Å². The molecule has 4 rings (SSSR count). The predicted molar refractivity (Wildman–Crippen MR) is 124 cm³/mol. The maximum Gasteiger partial charge on any atom is 0.414 e. The smallest absolute Gasteiger partial charge is 0.414 e. The molecule has 1 fully saturated rings. The standard InChI is InChI=1S/C25H26F3N3O5/c1-16(32)29-19-8-6-17(7-9-19)22(36-15-25(26,27)28)23(33)30-12-10-20(11-13-30)31-21-5-3-2-4-18(21)14-35-24(31)34/h2-9,20,22H,10-15H2,1H3,(H,29,32). The van der Waals surface area contributed by atoms with Crippen molar-refractivity contribution in [3.63, 3.8) is 0 Å². The minimum atomic E-state index is -4.61. The van der Waals surface area contributed by atoms with Gasteiger partial charge in [-0.15, -0.1) is 0 Å². The molecule has 0 aliphatic carbocycles. The molecule has 1 atom stereocenters. The number of likely N-dealkylation sites (tertiary alicyclic amines) is 1. The van der Waals surface area contributed by atoms with E-state index in [-0.39, 0.29) is 37.2 Å².